The number of nitrogens with zero attached hydrogens (tertiary/aromatic N) is 2. The Morgan fingerprint density at radius 2 is 1.76 bits per heavy atom. The van der Waals surface area contributed by atoms with Crippen LogP contribution in [0.5, 0.6) is 0 Å². The molecule has 9 heteroatoms. The molecule has 1 aliphatic carbocycles. The van der Waals surface area contributed by atoms with Gasteiger partial charge in [0.2, 0.25) is 21.8 Å². The summed E-state index contributed by atoms with van der Waals surface area (Å²) in [5.74, 6) is -0.338. The van der Waals surface area contributed by atoms with Crippen molar-refractivity contribution >= 4 is 39.1 Å². The number of carbonyl (C=O) groups excluding carboxylic acids is 2. The molecule has 0 radical (unpaired) electrons. The molecule has 1 atom stereocenters. The normalized spacial score (nSPS) is 15.1. The van der Waals surface area contributed by atoms with Crippen LogP contribution in [0, 0.1) is 6.92 Å². The lowest BCUT2D eigenvalue weighted by Crippen LogP contribution is -2.50. The van der Waals surface area contributed by atoms with Gasteiger partial charge in [0, 0.05) is 30.6 Å². The molecule has 7 nitrogen and oxygen atoms in total. The molecule has 1 saturated carbocycles. The minimum atomic E-state index is -3.58. The van der Waals surface area contributed by atoms with Crippen molar-refractivity contribution in [3.63, 3.8) is 0 Å². The summed E-state index contributed by atoms with van der Waals surface area (Å²) in [6.07, 6.45) is 6.91. The van der Waals surface area contributed by atoms with E-state index in [-0.39, 0.29) is 30.8 Å². The first kappa shape index (κ1) is 29.0. The summed E-state index contributed by atoms with van der Waals surface area (Å²) in [7, 11) is -3.58. The zero-order valence-corrected chi connectivity index (χ0v) is 23.5. The van der Waals surface area contributed by atoms with Gasteiger partial charge in [-0.3, -0.25) is 13.9 Å². The van der Waals surface area contributed by atoms with Gasteiger partial charge in [0.25, 0.3) is 0 Å². The fraction of sp³-hybridized carbons (Fsp3) is 0.500. The van der Waals surface area contributed by atoms with E-state index in [2.05, 4.69) is 5.32 Å². The molecule has 0 spiro atoms. The molecule has 1 fully saturated rings. The Bertz CT molecular complexity index is 1170. The van der Waals surface area contributed by atoms with E-state index in [0.29, 0.717) is 23.7 Å². The van der Waals surface area contributed by atoms with E-state index in [9.17, 15) is 18.0 Å². The van der Waals surface area contributed by atoms with Gasteiger partial charge in [-0.05, 0) is 56.4 Å². The van der Waals surface area contributed by atoms with Crippen LogP contribution < -0.4 is 9.62 Å². The maximum Gasteiger partial charge on any atom is 0.242 e. The third-order valence-corrected chi connectivity index (χ3v) is 8.32. The number of anilines is 1. The summed E-state index contributed by atoms with van der Waals surface area (Å²) in [6, 6.07) is 14.2. The first-order valence-corrected chi connectivity index (χ1v) is 15.2. The van der Waals surface area contributed by atoms with Crippen LogP contribution in [-0.4, -0.2) is 50.0 Å². The molecule has 0 heterocycles. The van der Waals surface area contributed by atoms with Crippen LogP contribution in [0.1, 0.15) is 63.0 Å². The number of sulfonamides is 1. The highest BCUT2D eigenvalue weighted by molar-refractivity contribution is 7.92. The number of amides is 2. The summed E-state index contributed by atoms with van der Waals surface area (Å²) >= 11 is 6.13. The number of aryl methyl sites for hydroxylation is 1. The first-order chi connectivity index (χ1) is 17.6. The molecular weight excluding hydrogens is 510 g/mol. The number of nitrogens with one attached hydrogen (secondary N) is 1. The standard InChI is InChI=1S/C28H38ClN3O4S/c1-21-16-17-24(29)19-26(21)32(37(3,35)36)18-10-15-27(33)31(20-23-11-6-4-7-12-23)22(2)28(34)30-25-13-8-5-9-14-25/h4,6-7,11-12,16-17,19,22,25H,5,8-10,13-15,18,20H2,1-3H3,(H,30,34). The van der Waals surface area contributed by atoms with E-state index < -0.39 is 16.1 Å². The zero-order chi connectivity index (χ0) is 27.0. The van der Waals surface area contributed by atoms with Gasteiger partial charge in [-0.15, -0.1) is 0 Å². The lowest BCUT2D eigenvalue weighted by molar-refractivity contribution is -0.141. The molecule has 0 saturated heterocycles. The lowest BCUT2D eigenvalue weighted by Gasteiger charge is -2.31. The molecular formula is C28H38ClN3O4S. The second-order valence-electron chi connectivity index (χ2n) is 9.90. The van der Waals surface area contributed by atoms with E-state index >= 15 is 0 Å². The second kappa shape index (κ2) is 13.3. The highest BCUT2D eigenvalue weighted by Crippen LogP contribution is 2.27. The SMILES string of the molecule is Cc1ccc(Cl)cc1N(CCCC(=O)N(Cc1ccccc1)C(C)C(=O)NC1CCCCC1)S(C)(=O)=O. The highest BCUT2D eigenvalue weighted by atomic mass is 35.5. The third-order valence-electron chi connectivity index (χ3n) is 6.91. The Morgan fingerprint density at radius 1 is 1.08 bits per heavy atom. The summed E-state index contributed by atoms with van der Waals surface area (Å²) in [5.41, 5.74) is 2.21. The van der Waals surface area contributed by atoms with Crippen molar-refractivity contribution < 1.29 is 18.0 Å². The molecule has 202 valence electrons. The quantitative estimate of drug-likeness (QED) is 0.426. The molecule has 0 bridgehead atoms. The van der Waals surface area contributed by atoms with Crippen molar-refractivity contribution in [2.45, 2.75) is 77.4 Å². The Labute approximate surface area is 226 Å². The van der Waals surface area contributed by atoms with Crippen LogP contribution in [0.4, 0.5) is 5.69 Å². The Kier molecular flexibility index (Phi) is 10.4. The van der Waals surface area contributed by atoms with Gasteiger partial charge < -0.3 is 10.2 Å². The number of rotatable bonds is 11. The number of hydrogen-bond donors (Lipinski definition) is 1. The van der Waals surface area contributed by atoms with Gasteiger partial charge in [-0.2, -0.15) is 0 Å². The molecule has 0 aliphatic heterocycles. The maximum absolute atomic E-state index is 13.4. The maximum atomic E-state index is 13.4. The van der Waals surface area contributed by atoms with Crippen LogP contribution in [0.3, 0.4) is 0 Å². The van der Waals surface area contributed by atoms with Gasteiger partial charge in [0.05, 0.1) is 11.9 Å². The van der Waals surface area contributed by atoms with Crippen molar-refractivity contribution in [2.75, 3.05) is 17.1 Å². The topological polar surface area (TPSA) is 86.8 Å². The van der Waals surface area contributed by atoms with E-state index in [4.69, 9.17) is 11.6 Å². The van der Waals surface area contributed by atoms with Gasteiger partial charge in [-0.1, -0.05) is 67.3 Å². The van der Waals surface area contributed by atoms with Crippen LogP contribution in [-0.2, 0) is 26.2 Å². The van der Waals surface area contributed by atoms with Crippen molar-refractivity contribution in [1.29, 1.82) is 0 Å². The lowest BCUT2D eigenvalue weighted by atomic mass is 9.95. The number of benzene rings is 2. The van der Waals surface area contributed by atoms with Crippen molar-refractivity contribution in [3.05, 3.63) is 64.7 Å². The minimum Gasteiger partial charge on any atom is -0.352 e. The van der Waals surface area contributed by atoms with Gasteiger partial charge in [0.1, 0.15) is 6.04 Å². The summed E-state index contributed by atoms with van der Waals surface area (Å²) in [6.45, 7) is 4.02. The predicted molar refractivity (Wildman–Crippen MR) is 149 cm³/mol. The predicted octanol–water partition coefficient (Wildman–Crippen LogP) is 5.06. The van der Waals surface area contributed by atoms with E-state index in [1.807, 2.05) is 37.3 Å². The van der Waals surface area contributed by atoms with E-state index in [1.165, 1.54) is 10.7 Å². The minimum absolute atomic E-state index is 0.111. The fourth-order valence-electron chi connectivity index (χ4n) is 4.77. The molecule has 2 aromatic rings. The van der Waals surface area contributed by atoms with Crippen LogP contribution >= 0.6 is 11.6 Å². The zero-order valence-electron chi connectivity index (χ0n) is 22.0. The number of carbonyl (C=O) groups is 2. The first-order valence-electron chi connectivity index (χ1n) is 12.9. The fourth-order valence-corrected chi connectivity index (χ4v) is 5.95. The molecule has 1 N–H and O–H groups in total. The summed E-state index contributed by atoms with van der Waals surface area (Å²) in [4.78, 5) is 28.1. The molecule has 1 unspecified atom stereocenters. The number of hydrogen-bond acceptors (Lipinski definition) is 4. The average Bonchev–Trinajstić information content (AvgIpc) is 2.86. The average molecular weight is 548 g/mol. The third kappa shape index (κ3) is 8.47. The van der Waals surface area contributed by atoms with E-state index in [1.54, 1.807) is 30.0 Å². The summed E-state index contributed by atoms with van der Waals surface area (Å²) in [5, 5.41) is 3.58. The van der Waals surface area contributed by atoms with Crippen LogP contribution in [0.2, 0.25) is 5.02 Å². The van der Waals surface area contributed by atoms with Gasteiger partial charge in [0.15, 0.2) is 0 Å². The van der Waals surface area contributed by atoms with Gasteiger partial charge >= 0.3 is 0 Å². The molecule has 2 aromatic carbocycles. The molecule has 37 heavy (non-hydrogen) atoms. The smallest absolute Gasteiger partial charge is 0.242 e. The molecule has 1 aliphatic rings. The molecule has 2 amide bonds. The van der Waals surface area contributed by atoms with Crippen LogP contribution in [0.15, 0.2) is 48.5 Å². The number of halogens is 1. The summed E-state index contributed by atoms with van der Waals surface area (Å²) < 4.78 is 26.4. The van der Waals surface area contributed by atoms with Crippen LogP contribution in [0.25, 0.3) is 0 Å². The molecule has 3 rings (SSSR count). The Balaban J connectivity index is 1.71. The van der Waals surface area contributed by atoms with Crippen molar-refractivity contribution in [3.8, 4) is 0 Å². The van der Waals surface area contributed by atoms with Crippen molar-refractivity contribution in [1.82, 2.24) is 10.2 Å². The van der Waals surface area contributed by atoms with Gasteiger partial charge in [-0.25, -0.2) is 8.42 Å². The Hall–Kier alpha value is -2.58. The van der Waals surface area contributed by atoms with E-state index in [0.717, 1.165) is 43.1 Å². The Morgan fingerprint density at radius 3 is 2.41 bits per heavy atom. The molecule has 0 aromatic heterocycles. The highest BCUT2D eigenvalue weighted by Gasteiger charge is 2.28. The van der Waals surface area contributed by atoms with Crippen molar-refractivity contribution in [2.24, 2.45) is 0 Å². The monoisotopic (exact) mass is 547 g/mol. The largest absolute Gasteiger partial charge is 0.352 e. The second-order valence-corrected chi connectivity index (χ2v) is 12.2.